The van der Waals surface area contributed by atoms with Crippen molar-refractivity contribution < 1.29 is 4.74 Å². The Morgan fingerprint density at radius 3 is 2.39 bits per heavy atom. The van der Waals surface area contributed by atoms with Gasteiger partial charge in [-0.15, -0.1) is 0 Å². The lowest BCUT2D eigenvalue weighted by atomic mass is 9.92. The summed E-state index contributed by atoms with van der Waals surface area (Å²) in [5.41, 5.74) is 5.26. The monoisotopic (exact) mass is 306 g/mol. The number of hydrogen-bond donors (Lipinski definition) is 0. The highest BCUT2D eigenvalue weighted by Gasteiger charge is 2.15. The Morgan fingerprint density at radius 1 is 1.00 bits per heavy atom. The first kappa shape index (κ1) is 17.1. The highest BCUT2D eigenvalue weighted by atomic mass is 16.5. The van der Waals surface area contributed by atoms with E-state index >= 15 is 0 Å². The largest absolute Gasteiger partial charge is 0.496 e. The van der Waals surface area contributed by atoms with Crippen LogP contribution >= 0.6 is 0 Å². The van der Waals surface area contributed by atoms with E-state index in [1.165, 1.54) is 22.3 Å². The Morgan fingerprint density at radius 2 is 1.70 bits per heavy atom. The molecule has 2 aliphatic carbocycles. The second-order valence-electron chi connectivity index (χ2n) is 5.47. The summed E-state index contributed by atoms with van der Waals surface area (Å²) in [7, 11) is 1.73. The zero-order valence-electron chi connectivity index (χ0n) is 14.5. The minimum Gasteiger partial charge on any atom is -0.496 e. The van der Waals surface area contributed by atoms with Crippen LogP contribution in [-0.4, -0.2) is 7.11 Å². The van der Waals surface area contributed by atoms with Gasteiger partial charge in [0.2, 0.25) is 0 Å². The molecule has 0 unspecified atom stereocenters. The molecule has 120 valence electrons. The first-order valence-electron chi connectivity index (χ1n) is 8.35. The second-order valence-corrected chi connectivity index (χ2v) is 5.47. The highest BCUT2D eigenvalue weighted by Crippen LogP contribution is 2.35. The third kappa shape index (κ3) is 3.92. The summed E-state index contributed by atoms with van der Waals surface area (Å²) >= 11 is 0. The number of methoxy groups -OCH3 is 1. The van der Waals surface area contributed by atoms with Gasteiger partial charge in [0.1, 0.15) is 5.75 Å². The molecular weight excluding hydrogens is 280 g/mol. The normalized spacial score (nSPS) is 16.8. The van der Waals surface area contributed by atoms with Gasteiger partial charge in [-0.05, 0) is 25.0 Å². The molecule has 2 aliphatic rings. The van der Waals surface area contributed by atoms with Crippen LogP contribution in [-0.2, 0) is 0 Å². The van der Waals surface area contributed by atoms with Crippen molar-refractivity contribution >= 4 is 5.57 Å². The zero-order chi connectivity index (χ0) is 16.7. The SMILES string of the molecule is CC.COc1ccccc1C1=C(C)CC(C2C=CC=C2)=CC=C1. The van der Waals surface area contributed by atoms with E-state index in [9.17, 15) is 0 Å². The second kappa shape index (κ2) is 8.38. The quantitative estimate of drug-likeness (QED) is 0.653. The predicted molar refractivity (Wildman–Crippen MR) is 101 cm³/mol. The maximum absolute atomic E-state index is 5.51. The predicted octanol–water partition coefficient (Wildman–Crippen LogP) is 6.12. The topological polar surface area (TPSA) is 9.23 Å². The minimum atomic E-state index is 0.446. The molecule has 0 atom stereocenters. The Balaban J connectivity index is 0.000000924. The van der Waals surface area contributed by atoms with Crippen LogP contribution in [0.15, 0.2) is 77.9 Å². The third-order valence-electron chi connectivity index (χ3n) is 4.08. The highest BCUT2D eigenvalue weighted by molar-refractivity contribution is 5.81. The maximum Gasteiger partial charge on any atom is 0.126 e. The molecule has 1 heteroatoms. The molecule has 1 nitrogen and oxygen atoms in total. The lowest BCUT2D eigenvalue weighted by Gasteiger charge is -2.14. The first-order chi connectivity index (χ1) is 11.3. The molecule has 1 aromatic carbocycles. The summed E-state index contributed by atoms with van der Waals surface area (Å²) in [6, 6.07) is 8.22. The molecule has 23 heavy (non-hydrogen) atoms. The molecule has 0 aliphatic heterocycles. The van der Waals surface area contributed by atoms with Gasteiger partial charge in [-0.25, -0.2) is 0 Å². The summed E-state index contributed by atoms with van der Waals surface area (Å²) in [6.07, 6.45) is 16.4. The van der Waals surface area contributed by atoms with Gasteiger partial charge in [0.05, 0.1) is 7.11 Å². The molecule has 0 saturated carbocycles. The van der Waals surface area contributed by atoms with Gasteiger partial charge >= 0.3 is 0 Å². The van der Waals surface area contributed by atoms with E-state index in [0.29, 0.717) is 5.92 Å². The number of allylic oxidation sites excluding steroid dienone is 10. The number of benzene rings is 1. The van der Waals surface area contributed by atoms with Crippen LogP contribution in [0.2, 0.25) is 0 Å². The van der Waals surface area contributed by atoms with E-state index < -0.39 is 0 Å². The van der Waals surface area contributed by atoms with E-state index in [4.69, 9.17) is 4.74 Å². The average molecular weight is 306 g/mol. The fourth-order valence-electron chi connectivity index (χ4n) is 2.97. The number of ether oxygens (including phenoxy) is 1. The van der Waals surface area contributed by atoms with Crippen molar-refractivity contribution in [3.05, 3.63) is 83.5 Å². The van der Waals surface area contributed by atoms with Crippen molar-refractivity contribution in [1.29, 1.82) is 0 Å². The molecule has 0 aromatic heterocycles. The van der Waals surface area contributed by atoms with Crippen molar-refractivity contribution in [3.63, 3.8) is 0 Å². The third-order valence-corrected chi connectivity index (χ3v) is 4.08. The standard InChI is InChI=1S/C20H20O.C2H6/c1-15-14-17(16-8-3-4-9-16)10-7-12-18(15)19-11-5-6-13-20(19)21-2;1-2/h3-13,16H,14H2,1-2H3;1-2H3. The molecule has 1 aromatic rings. The van der Waals surface area contributed by atoms with Gasteiger partial charge in [-0.3, -0.25) is 0 Å². The average Bonchev–Trinajstić information content (AvgIpc) is 3.07. The van der Waals surface area contributed by atoms with Gasteiger partial charge < -0.3 is 4.74 Å². The van der Waals surface area contributed by atoms with Gasteiger partial charge in [0.15, 0.2) is 0 Å². The van der Waals surface area contributed by atoms with E-state index in [1.54, 1.807) is 7.11 Å². The molecule has 0 N–H and O–H groups in total. The van der Waals surface area contributed by atoms with Crippen LogP contribution in [0.1, 0.15) is 32.8 Å². The Hall–Kier alpha value is -2.28. The molecular formula is C22H26O. The summed E-state index contributed by atoms with van der Waals surface area (Å²) in [6.45, 7) is 6.22. The molecule has 0 fully saturated rings. The van der Waals surface area contributed by atoms with E-state index in [-0.39, 0.29) is 0 Å². The van der Waals surface area contributed by atoms with Gasteiger partial charge in [0.25, 0.3) is 0 Å². The van der Waals surface area contributed by atoms with Crippen LogP contribution in [0.4, 0.5) is 0 Å². The summed E-state index contributed by atoms with van der Waals surface area (Å²) in [4.78, 5) is 0. The van der Waals surface area contributed by atoms with Crippen molar-refractivity contribution in [3.8, 4) is 5.75 Å². The molecule has 0 bridgehead atoms. The number of para-hydroxylation sites is 1. The lowest BCUT2D eigenvalue weighted by molar-refractivity contribution is 0.413. The molecule has 3 rings (SSSR count). The minimum absolute atomic E-state index is 0.446. The Labute approximate surface area is 140 Å². The van der Waals surface area contributed by atoms with Crippen molar-refractivity contribution in [2.75, 3.05) is 7.11 Å². The smallest absolute Gasteiger partial charge is 0.126 e. The van der Waals surface area contributed by atoms with Crippen LogP contribution in [0.3, 0.4) is 0 Å². The Kier molecular flexibility index (Phi) is 6.22. The van der Waals surface area contributed by atoms with Crippen molar-refractivity contribution in [2.45, 2.75) is 27.2 Å². The number of rotatable bonds is 3. The Bertz CT molecular complexity index is 672. The molecule has 0 spiro atoms. The van der Waals surface area contributed by atoms with Crippen LogP contribution in [0.5, 0.6) is 5.75 Å². The van der Waals surface area contributed by atoms with Crippen molar-refractivity contribution in [1.82, 2.24) is 0 Å². The van der Waals surface area contributed by atoms with Gasteiger partial charge in [-0.2, -0.15) is 0 Å². The molecule has 0 saturated heterocycles. The lowest BCUT2D eigenvalue weighted by Crippen LogP contribution is -1.97. The summed E-state index contributed by atoms with van der Waals surface area (Å²) < 4.78 is 5.51. The first-order valence-corrected chi connectivity index (χ1v) is 8.35. The van der Waals surface area contributed by atoms with Gasteiger partial charge in [0, 0.05) is 11.5 Å². The van der Waals surface area contributed by atoms with E-state index in [1.807, 2.05) is 26.0 Å². The van der Waals surface area contributed by atoms with Crippen LogP contribution in [0, 0.1) is 5.92 Å². The molecule has 0 amide bonds. The fraction of sp³-hybridized carbons (Fsp3) is 0.273. The summed E-state index contributed by atoms with van der Waals surface area (Å²) in [5.74, 6) is 1.38. The van der Waals surface area contributed by atoms with Crippen LogP contribution < -0.4 is 4.74 Å². The van der Waals surface area contributed by atoms with Crippen molar-refractivity contribution in [2.24, 2.45) is 5.92 Å². The maximum atomic E-state index is 5.51. The zero-order valence-corrected chi connectivity index (χ0v) is 14.5. The molecule has 0 heterocycles. The van der Waals surface area contributed by atoms with E-state index in [2.05, 4.69) is 61.6 Å². The number of hydrogen-bond acceptors (Lipinski definition) is 1. The summed E-state index contributed by atoms with van der Waals surface area (Å²) in [5, 5.41) is 0. The fourth-order valence-corrected chi connectivity index (χ4v) is 2.97. The van der Waals surface area contributed by atoms with E-state index in [0.717, 1.165) is 12.2 Å². The van der Waals surface area contributed by atoms with Gasteiger partial charge in [-0.1, -0.05) is 85.7 Å². The molecule has 0 radical (unpaired) electrons. The van der Waals surface area contributed by atoms with Crippen LogP contribution in [0.25, 0.3) is 5.57 Å².